The molecule has 0 bridgehead atoms. The Bertz CT molecular complexity index is 1060. The van der Waals surface area contributed by atoms with E-state index >= 15 is 0 Å². The number of rotatable bonds is 11. The summed E-state index contributed by atoms with van der Waals surface area (Å²) in [6, 6.07) is 14.6. The number of carbonyl (C=O) groups is 1. The lowest BCUT2D eigenvalue weighted by Gasteiger charge is -2.24. The fourth-order valence-electron chi connectivity index (χ4n) is 3.13. The van der Waals surface area contributed by atoms with E-state index in [2.05, 4.69) is 4.98 Å². The van der Waals surface area contributed by atoms with Crippen LogP contribution >= 0.6 is 0 Å². The summed E-state index contributed by atoms with van der Waals surface area (Å²) in [6.07, 6.45) is 1.07. The summed E-state index contributed by atoms with van der Waals surface area (Å²) in [7, 11) is 0. The predicted octanol–water partition coefficient (Wildman–Crippen LogP) is 5.69. The lowest BCUT2D eigenvalue weighted by Crippen LogP contribution is -2.40. The van der Waals surface area contributed by atoms with Crippen LogP contribution in [0.15, 0.2) is 52.9 Å². The zero-order valence-electron chi connectivity index (χ0n) is 19.8. The first kappa shape index (κ1) is 24.2. The molecule has 176 valence electrons. The van der Waals surface area contributed by atoms with Crippen molar-refractivity contribution in [2.75, 3.05) is 6.61 Å². The van der Waals surface area contributed by atoms with Crippen LogP contribution in [0.2, 0.25) is 0 Å². The third kappa shape index (κ3) is 6.28. The van der Waals surface area contributed by atoms with Crippen LogP contribution < -0.4 is 14.2 Å². The van der Waals surface area contributed by atoms with Crippen LogP contribution in [0, 0.1) is 6.92 Å². The van der Waals surface area contributed by atoms with Crippen molar-refractivity contribution < 1.29 is 28.5 Å². The molecule has 0 saturated carbocycles. The number of hydrogen-bond donors (Lipinski definition) is 1. The molecule has 0 fully saturated rings. The molecule has 7 heteroatoms. The Kier molecular flexibility index (Phi) is 7.63. The normalized spacial score (nSPS) is 12.9. The van der Waals surface area contributed by atoms with Gasteiger partial charge in [0.05, 0.1) is 18.4 Å². The van der Waals surface area contributed by atoms with Crippen LogP contribution in [0.5, 0.6) is 17.2 Å². The molecule has 0 aliphatic heterocycles. The minimum atomic E-state index is -1.26. The van der Waals surface area contributed by atoms with E-state index < -0.39 is 11.6 Å². The number of hydrogen-bond acceptors (Lipinski definition) is 6. The summed E-state index contributed by atoms with van der Waals surface area (Å²) in [5, 5.41) is 9.34. The van der Waals surface area contributed by atoms with E-state index in [1.807, 2.05) is 45.0 Å². The van der Waals surface area contributed by atoms with Crippen molar-refractivity contribution in [2.45, 2.75) is 59.2 Å². The summed E-state index contributed by atoms with van der Waals surface area (Å²) < 4.78 is 23.0. The number of carboxylic acid groups (broad SMARTS) is 1. The van der Waals surface area contributed by atoms with Crippen LogP contribution in [0.25, 0.3) is 11.5 Å². The van der Waals surface area contributed by atoms with Gasteiger partial charge >= 0.3 is 5.97 Å². The van der Waals surface area contributed by atoms with E-state index in [0.717, 1.165) is 22.8 Å². The molecule has 2 aromatic carbocycles. The summed E-state index contributed by atoms with van der Waals surface area (Å²) >= 11 is 0. The van der Waals surface area contributed by atoms with Crippen LogP contribution in [0.1, 0.15) is 45.6 Å². The van der Waals surface area contributed by atoms with E-state index in [4.69, 9.17) is 18.6 Å². The summed E-state index contributed by atoms with van der Waals surface area (Å²) in [6.45, 7) is 9.63. The number of carboxylic acids is 1. The largest absolute Gasteiger partial charge is 0.493 e. The van der Waals surface area contributed by atoms with E-state index in [9.17, 15) is 9.90 Å². The van der Waals surface area contributed by atoms with Gasteiger partial charge in [-0.2, -0.15) is 0 Å². The van der Waals surface area contributed by atoms with E-state index in [-0.39, 0.29) is 6.10 Å². The van der Waals surface area contributed by atoms with Gasteiger partial charge in [-0.15, -0.1) is 0 Å². The molecule has 0 aliphatic rings. The van der Waals surface area contributed by atoms with Crippen molar-refractivity contribution in [1.82, 2.24) is 4.98 Å². The number of benzene rings is 2. The number of aliphatic carboxylic acids is 1. The summed E-state index contributed by atoms with van der Waals surface area (Å²) in [4.78, 5) is 16.0. The van der Waals surface area contributed by atoms with Crippen LogP contribution in [0.4, 0.5) is 0 Å². The molecule has 0 saturated heterocycles. The molecular formula is C26H31NO6. The van der Waals surface area contributed by atoms with Crippen molar-refractivity contribution in [3.05, 3.63) is 60.0 Å². The molecule has 0 aliphatic carbocycles. The molecule has 1 heterocycles. The third-order valence-corrected chi connectivity index (χ3v) is 5.27. The van der Waals surface area contributed by atoms with Crippen molar-refractivity contribution in [3.8, 4) is 28.7 Å². The van der Waals surface area contributed by atoms with Gasteiger partial charge < -0.3 is 23.7 Å². The standard InChI is InChI=1S/C26H31NO6/c1-6-26(5,25(28)29)33-22-13-11-20(12-14-22)30-16-15-23-18(4)32-24(27-23)19-7-9-21(10-8-19)31-17(2)3/h7-14,17H,6,15-16H2,1-5H3,(H,28,29). The molecule has 33 heavy (non-hydrogen) atoms. The molecular weight excluding hydrogens is 422 g/mol. The Labute approximate surface area is 194 Å². The average molecular weight is 454 g/mol. The molecule has 0 radical (unpaired) electrons. The fraction of sp³-hybridized carbons (Fsp3) is 0.385. The Morgan fingerprint density at radius 3 is 2.24 bits per heavy atom. The number of aromatic nitrogens is 1. The Morgan fingerprint density at radius 1 is 1.06 bits per heavy atom. The zero-order chi connectivity index (χ0) is 24.0. The first-order chi connectivity index (χ1) is 15.7. The first-order valence-corrected chi connectivity index (χ1v) is 11.1. The maximum Gasteiger partial charge on any atom is 0.347 e. The number of ether oxygens (including phenoxy) is 3. The summed E-state index contributed by atoms with van der Waals surface area (Å²) in [5.41, 5.74) is 0.469. The van der Waals surface area contributed by atoms with Gasteiger partial charge in [0.25, 0.3) is 0 Å². The molecule has 3 rings (SSSR count). The van der Waals surface area contributed by atoms with Gasteiger partial charge in [-0.25, -0.2) is 9.78 Å². The van der Waals surface area contributed by atoms with Gasteiger partial charge in [0.1, 0.15) is 23.0 Å². The lowest BCUT2D eigenvalue weighted by molar-refractivity contribution is -0.154. The highest BCUT2D eigenvalue weighted by molar-refractivity contribution is 5.77. The third-order valence-electron chi connectivity index (χ3n) is 5.27. The first-order valence-electron chi connectivity index (χ1n) is 11.1. The smallest absolute Gasteiger partial charge is 0.347 e. The highest BCUT2D eigenvalue weighted by Crippen LogP contribution is 2.26. The number of nitrogens with zero attached hydrogens (tertiary/aromatic N) is 1. The van der Waals surface area contributed by atoms with Crippen LogP contribution in [0.3, 0.4) is 0 Å². The van der Waals surface area contributed by atoms with E-state index in [1.165, 1.54) is 0 Å². The minimum Gasteiger partial charge on any atom is -0.493 e. The molecule has 1 unspecified atom stereocenters. The predicted molar refractivity (Wildman–Crippen MR) is 125 cm³/mol. The molecule has 1 aromatic heterocycles. The molecule has 1 N–H and O–H groups in total. The van der Waals surface area contributed by atoms with Crippen molar-refractivity contribution in [2.24, 2.45) is 0 Å². The van der Waals surface area contributed by atoms with Gasteiger partial charge in [-0.1, -0.05) is 6.92 Å². The van der Waals surface area contributed by atoms with E-state index in [0.29, 0.717) is 36.8 Å². The van der Waals surface area contributed by atoms with Gasteiger partial charge in [0.15, 0.2) is 0 Å². The van der Waals surface area contributed by atoms with Gasteiger partial charge in [-0.3, -0.25) is 0 Å². The Balaban J connectivity index is 1.56. The number of oxazole rings is 1. The Hall–Kier alpha value is -3.48. The second kappa shape index (κ2) is 10.4. The van der Waals surface area contributed by atoms with Crippen molar-refractivity contribution >= 4 is 5.97 Å². The highest BCUT2D eigenvalue weighted by atomic mass is 16.5. The molecule has 0 amide bonds. The molecule has 7 nitrogen and oxygen atoms in total. The Morgan fingerprint density at radius 2 is 1.67 bits per heavy atom. The maximum atomic E-state index is 11.4. The van der Waals surface area contributed by atoms with Crippen LogP contribution in [-0.4, -0.2) is 34.4 Å². The van der Waals surface area contributed by atoms with Crippen molar-refractivity contribution in [3.63, 3.8) is 0 Å². The highest BCUT2D eigenvalue weighted by Gasteiger charge is 2.33. The maximum absolute atomic E-state index is 11.4. The van der Waals surface area contributed by atoms with E-state index in [1.54, 1.807) is 38.1 Å². The minimum absolute atomic E-state index is 0.122. The monoisotopic (exact) mass is 453 g/mol. The van der Waals surface area contributed by atoms with Crippen LogP contribution in [-0.2, 0) is 11.2 Å². The second-order valence-electron chi connectivity index (χ2n) is 8.27. The molecule has 3 aromatic rings. The molecule has 0 spiro atoms. The average Bonchev–Trinajstić information content (AvgIpc) is 3.15. The lowest BCUT2D eigenvalue weighted by atomic mass is 10.0. The number of aryl methyl sites for hydroxylation is 1. The summed E-state index contributed by atoms with van der Waals surface area (Å²) in [5.74, 6) is 2.29. The fourth-order valence-corrected chi connectivity index (χ4v) is 3.13. The molecule has 1 atom stereocenters. The SMILES string of the molecule is CCC(C)(Oc1ccc(OCCc2nc(-c3ccc(OC(C)C)cc3)oc2C)cc1)C(=O)O. The van der Waals surface area contributed by atoms with Gasteiger partial charge in [0, 0.05) is 12.0 Å². The van der Waals surface area contributed by atoms with Gasteiger partial charge in [-0.05, 0) is 82.6 Å². The van der Waals surface area contributed by atoms with Crippen molar-refractivity contribution in [1.29, 1.82) is 0 Å². The zero-order valence-corrected chi connectivity index (χ0v) is 19.8. The topological polar surface area (TPSA) is 91.0 Å². The second-order valence-corrected chi connectivity index (χ2v) is 8.27. The quantitative estimate of drug-likeness (QED) is 0.399. The van der Waals surface area contributed by atoms with Gasteiger partial charge in [0.2, 0.25) is 11.5 Å².